The fraction of sp³-hybridized carbons (Fsp3) is 0.444. The number of hydrogen-bond acceptors (Lipinski definition) is 2. The smallest absolute Gasteiger partial charge is 0.146 e. The van der Waals surface area contributed by atoms with Crippen molar-refractivity contribution in [2.24, 2.45) is 0 Å². The predicted molar refractivity (Wildman–Crippen MR) is 47.3 cm³/mol. The van der Waals surface area contributed by atoms with Gasteiger partial charge in [-0.05, 0) is 37.3 Å². The fourth-order valence-electron chi connectivity index (χ4n) is 0.485. The number of rotatable bonds is 3. The maximum absolute atomic E-state index is 10.3. The van der Waals surface area contributed by atoms with Gasteiger partial charge in [0.05, 0.1) is 0 Å². The van der Waals surface area contributed by atoms with E-state index < -0.39 is 0 Å². The highest BCUT2D eigenvalue weighted by Crippen LogP contribution is 2.01. The van der Waals surface area contributed by atoms with Crippen molar-refractivity contribution in [2.75, 3.05) is 14.1 Å². The summed E-state index contributed by atoms with van der Waals surface area (Å²) in [6.07, 6.45) is 4.71. The van der Waals surface area contributed by atoms with Crippen LogP contribution in [0.3, 0.4) is 0 Å². The van der Waals surface area contributed by atoms with Crippen LogP contribution in [0.1, 0.15) is 13.8 Å². The minimum atomic E-state index is 0.781. The van der Waals surface area contributed by atoms with E-state index >= 15 is 0 Å². The summed E-state index contributed by atoms with van der Waals surface area (Å²) in [5.74, 6) is 0. The first-order valence-corrected chi connectivity index (χ1v) is 3.55. The first-order chi connectivity index (χ1) is 5.07. The Balaban J connectivity index is 4.26. The zero-order valence-corrected chi connectivity index (χ0v) is 7.59. The second kappa shape index (κ2) is 4.72. The SMILES string of the molecule is C/C(C=O)=C(C)\C=C\N(C)C. The molecule has 0 unspecified atom stereocenters. The van der Waals surface area contributed by atoms with Gasteiger partial charge in [0.25, 0.3) is 0 Å². The van der Waals surface area contributed by atoms with Crippen molar-refractivity contribution >= 4 is 6.29 Å². The van der Waals surface area contributed by atoms with Crippen molar-refractivity contribution in [3.63, 3.8) is 0 Å². The third kappa shape index (κ3) is 4.37. The maximum atomic E-state index is 10.3. The molecule has 2 heteroatoms. The summed E-state index contributed by atoms with van der Waals surface area (Å²) in [6.45, 7) is 3.73. The molecule has 0 bridgehead atoms. The summed E-state index contributed by atoms with van der Waals surface area (Å²) in [7, 11) is 3.89. The van der Waals surface area contributed by atoms with Crippen molar-refractivity contribution in [3.05, 3.63) is 23.4 Å². The van der Waals surface area contributed by atoms with Crippen LogP contribution in [0.2, 0.25) is 0 Å². The monoisotopic (exact) mass is 153 g/mol. The molecule has 0 aromatic heterocycles. The van der Waals surface area contributed by atoms with Crippen molar-refractivity contribution in [1.82, 2.24) is 4.90 Å². The molecule has 0 aliphatic heterocycles. The molecule has 0 saturated heterocycles. The number of aldehydes is 1. The summed E-state index contributed by atoms with van der Waals surface area (Å²) in [4.78, 5) is 12.2. The molecule has 0 aromatic rings. The van der Waals surface area contributed by atoms with E-state index in [-0.39, 0.29) is 0 Å². The van der Waals surface area contributed by atoms with E-state index in [9.17, 15) is 4.79 Å². The largest absolute Gasteiger partial charge is 0.383 e. The third-order valence-electron chi connectivity index (χ3n) is 1.42. The van der Waals surface area contributed by atoms with Crippen LogP contribution in [0.5, 0.6) is 0 Å². The first-order valence-electron chi connectivity index (χ1n) is 3.55. The number of carbonyl (C=O) groups is 1. The second-order valence-electron chi connectivity index (χ2n) is 2.76. The van der Waals surface area contributed by atoms with E-state index in [4.69, 9.17) is 0 Å². The average Bonchev–Trinajstić information content (AvgIpc) is 1.98. The number of allylic oxidation sites excluding steroid dienone is 3. The van der Waals surface area contributed by atoms with E-state index in [1.807, 2.05) is 45.1 Å². The first kappa shape index (κ1) is 9.95. The van der Waals surface area contributed by atoms with E-state index in [1.165, 1.54) is 0 Å². The molecule has 0 aliphatic rings. The molecule has 0 radical (unpaired) electrons. The van der Waals surface area contributed by atoms with Crippen molar-refractivity contribution in [3.8, 4) is 0 Å². The average molecular weight is 153 g/mol. The Labute approximate surface area is 68.2 Å². The molecule has 0 N–H and O–H groups in total. The molecule has 62 valence electrons. The Morgan fingerprint density at radius 1 is 1.18 bits per heavy atom. The number of nitrogens with zero attached hydrogens (tertiary/aromatic N) is 1. The van der Waals surface area contributed by atoms with Crippen LogP contribution >= 0.6 is 0 Å². The Bertz CT molecular complexity index is 190. The normalized spacial score (nSPS) is 13.1. The van der Waals surface area contributed by atoms with Gasteiger partial charge < -0.3 is 4.90 Å². The predicted octanol–water partition coefficient (Wildman–Crippen LogP) is 1.60. The third-order valence-corrected chi connectivity index (χ3v) is 1.42. The van der Waals surface area contributed by atoms with Crippen LogP contribution in [0.4, 0.5) is 0 Å². The molecule has 0 rings (SSSR count). The Morgan fingerprint density at radius 2 is 1.73 bits per heavy atom. The number of carbonyl (C=O) groups excluding carboxylic acids is 1. The lowest BCUT2D eigenvalue weighted by molar-refractivity contribution is -0.104. The minimum absolute atomic E-state index is 0.781. The Kier molecular flexibility index (Phi) is 4.27. The van der Waals surface area contributed by atoms with Gasteiger partial charge >= 0.3 is 0 Å². The molecule has 0 heterocycles. The Morgan fingerprint density at radius 3 is 2.09 bits per heavy atom. The quantitative estimate of drug-likeness (QED) is 0.348. The van der Waals surface area contributed by atoms with Crippen LogP contribution in [-0.4, -0.2) is 25.3 Å². The van der Waals surface area contributed by atoms with Gasteiger partial charge in [-0.15, -0.1) is 0 Å². The highest BCUT2D eigenvalue weighted by Gasteiger charge is 1.89. The minimum Gasteiger partial charge on any atom is -0.383 e. The van der Waals surface area contributed by atoms with E-state index in [0.717, 1.165) is 17.4 Å². The molecular weight excluding hydrogens is 138 g/mol. The van der Waals surface area contributed by atoms with Crippen LogP contribution in [0, 0.1) is 0 Å². The molecule has 0 fully saturated rings. The van der Waals surface area contributed by atoms with E-state index in [0.29, 0.717) is 0 Å². The van der Waals surface area contributed by atoms with Gasteiger partial charge in [-0.2, -0.15) is 0 Å². The van der Waals surface area contributed by atoms with Gasteiger partial charge in [-0.1, -0.05) is 0 Å². The molecule has 0 amide bonds. The van der Waals surface area contributed by atoms with Crippen LogP contribution in [0.15, 0.2) is 23.4 Å². The maximum Gasteiger partial charge on any atom is 0.146 e. The Hall–Kier alpha value is -1.05. The lowest BCUT2D eigenvalue weighted by Crippen LogP contribution is -2.00. The zero-order chi connectivity index (χ0) is 8.85. The highest BCUT2D eigenvalue weighted by molar-refractivity contribution is 5.74. The van der Waals surface area contributed by atoms with Crippen LogP contribution in [0.25, 0.3) is 0 Å². The summed E-state index contributed by atoms with van der Waals surface area (Å²) in [5, 5.41) is 0. The topological polar surface area (TPSA) is 20.3 Å². The standard InChI is InChI=1S/C9H15NO/c1-8(9(2)7-11)5-6-10(3)4/h5-7H,1-4H3/b6-5+,9-8+. The van der Waals surface area contributed by atoms with Crippen molar-refractivity contribution < 1.29 is 4.79 Å². The lowest BCUT2D eigenvalue weighted by Gasteiger charge is -2.03. The summed E-state index contributed by atoms with van der Waals surface area (Å²) in [5.41, 5.74) is 1.79. The molecule has 11 heavy (non-hydrogen) atoms. The second-order valence-corrected chi connectivity index (χ2v) is 2.76. The summed E-state index contributed by atoms with van der Waals surface area (Å²) >= 11 is 0. The van der Waals surface area contributed by atoms with Crippen molar-refractivity contribution in [2.45, 2.75) is 13.8 Å². The van der Waals surface area contributed by atoms with E-state index in [1.54, 1.807) is 0 Å². The summed E-state index contributed by atoms with van der Waals surface area (Å²) in [6, 6.07) is 0. The molecule has 0 aromatic carbocycles. The van der Waals surface area contributed by atoms with E-state index in [2.05, 4.69) is 0 Å². The zero-order valence-electron chi connectivity index (χ0n) is 7.59. The van der Waals surface area contributed by atoms with Gasteiger partial charge in [0, 0.05) is 14.1 Å². The van der Waals surface area contributed by atoms with Crippen LogP contribution in [-0.2, 0) is 4.79 Å². The molecule has 0 aliphatic carbocycles. The van der Waals surface area contributed by atoms with Crippen molar-refractivity contribution in [1.29, 1.82) is 0 Å². The summed E-state index contributed by atoms with van der Waals surface area (Å²) < 4.78 is 0. The van der Waals surface area contributed by atoms with Crippen LogP contribution < -0.4 is 0 Å². The molecule has 0 spiro atoms. The highest BCUT2D eigenvalue weighted by atomic mass is 16.1. The molecule has 2 nitrogen and oxygen atoms in total. The van der Waals surface area contributed by atoms with Gasteiger partial charge in [0.2, 0.25) is 0 Å². The van der Waals surface area contributed by atoms with Gasteiger partial charge in [-0.25, -0.2) is 0 Å². The van der Waals surface area contributed by atoms with Gasteiger partial charge in [0.15, 0.2) is 0 Å². The van der Waals surface area contributed by atoms with Gasteiger partial charge in [0.1, 0.15) is 6.29 Å². The fourth-order valence-corrected chi connectivity index (χ4v) is 0.485. The molecular formula is C9H15NO. The number of hydrogen-bond donors (Lipinski definition) is 0. The molecule has 0 saturated carbocycles. The lowest BCUT2D eigenvalue weighted by atomic mass is 10.2. The van der Waals surface area contributed by atoms with Gasteiger partial charge in [-0.3, -0.25) is 4.79 Å². The molecule has 0 atom stereocenters.